The van der Waals surface area contributed by atoms with Gasteiger partial charge in [-0.15, -0.1) is 0 Å². The van der Waals surface area contributed by atoms with Crippen LogP contribution in [0.4, 0.5) is 4.39 Å². The SMILES string of the molecule is CC(C)C(Br)CCc1cncc(F)c1. The molecule has 0 bridgehead atoms. The van der Waals surface area contributed by atoms with Crippen LogP contribution in [-0.4, -0.2) is 9.81 Å². The van der Waals surface area contributed by atoms with E-state index in [9.17, 15) is 4.39 Å². The van der Waals surface area contributed by atoms with E-state index in [1.165, 1.54) is 6.20 Å². The molecule has 1 atom stereocenters. The highest BCUT2D eigenvalue weighted by molar-refractivity contribution is 9.09. The van der Waals surface area contributed by atoms with Crippen molar-refractivity contribution in [3.05, 3.63) is 29.8 Å². The average molecular weight is 260 g/mol. The second-order valence-corrected chi connectivity index (χ2v) is 4.99. The summed E-state index contributed by atoms with van der Waals surface area (Å²) in [4.78, 5) is 4.31. The second-order valence-electron chi connectivity index (χ2n) is 3.81. The lowest BCUT2D eigenvalue weighted by atomic mass is 10.0. The zero-order valence-corrected chi connectivity index (χ0v) is 10.1. The quantitative estimate of drug-likeness (QED) is 0.754. The normalized spacial score (nSPS) is 13.2. The number of hydrogen-bond donors (Lipinski definition) is 0. The van der Waals surface area contributed by atoms with Crippen LogP contribution >= 0.6 is 15.9 Å². The highest BCUT2D eigenvalue weighted by Gasteiger charge is 2.09. The summed E-state index contributed by atoms with van der Waals surface area (Å²) < 4.78 is 12.8. The van der Waals surface area contributed by atoms with Gasteiger partial charge in [0.15, 0.2) is 0 Å². The number of pyridine rings is 1. The molecule has 1 aromatic heterocycles. The van der Waals surface area contributed by atoms with Crippen molar-refractivity contribution in [3.63, 3.8) is 0 Å². The van der Waals surface area contributed by atoms with Gasteiger partial charge in [-0.1, -0.05) is 29.8 Å². The Labute approximate surface area is 92.9 Å². The summed E-state index contributed by atoms with van der Waals surface area (Å²) in [5, 5.41) is 0. The molecule has 0 aliphatic rings. The van der Waals surface area contributed by atoms with Crippen molar-refractivity contribution in [3.8, 4) is 0 Å². The third-order valence-corrected chi connectivity index (χ3v) is 3.71. The minimum Gasteiger partial charge on any atom is -0.261 e. The molecule has 1 aromatic rings. The van der Waals surface area contributed by atoms with Crippen molar-refractivity contribution in [2.45, 2.75) is 31.5 Å². The number of aromatic nitrogens is 1. The third kappa shape index (κ3) is 3.74. The van der Waals surface area contributed by atoms with Crippen molar-refractivity contribution >= 4 is 15.9 Å². The van der Waals surface area contributed by atoms with Crippen LogP contribution in [0.15, 0.2) is 18.5 Å². The fraction of sp³-hybridized carbons (Fsp3) is 0.545. The third-order valence-electron chi connectivity index (χ3n) is 2.19. The van der Waals surface area contributed by atoms with Gasteiger partial charge in [-0.25, -0.2) is 4.39 Å². The number of hydrogen-bond acceptors (Lipinski definition) is 1. The van der Waals surface area contributed by atoms with Crippen LogP contribution in [0.25, 0.3) is 0 Å². The van der Waals surface area contributed by atoms with Crippen molar-refractivity contribution in [1.82, 2.24) is 4.98 Å². The smallest absolute Gasteiger partial charge is 0.141 e. The molecule has 0 saturated carbocycles. The topological polar surface area (TPSA) is 12.9 Å². The molecule has 1 rings (SSSR count). The summed E-state index contributed by atoms with van der Waals surface area (Å²) in [7, 11) is 0. The molecule has 0 spiro atoms. The molecule has 1 unspecified atom stereocenters. The fourth-order valence-electron chi connectivity index (χ4n) is 1.23. The lowest BCUT2D eigenvalue weighted by Gasteiger charge is -2.12. The van der Waals surface area contributed by atoms with Crippen LogP contribution in [0.3, 0.4) is 0 Å². The Balaban J connectivity index is 2.45. The van der Waals surface area contributed by atoms with Gasteiger partial charge in [0.25, 0.3) is 0 Å². The highest BCUT2D eigenvalue weighted by Crippen LogP contribution is 2.18. The summed E-state index contributed by atoms with van der Waals surface area (Å²) in [6.45, 7) is 4.34. The number of alkyl halides is 1. The molecule has 0 radical (unpaired) electrons. The number of nitrogens with zero attached hydrogens (tertiary/aromatic N) is 1. The zero-order valence-electron chi connectivity index (χ0n) is 8.50. The van der Waals surface area contributed by atoms with Gasteiger partial charge in [-0.2, -0.15) is 0 Å². The van der Waals surface area contributed by atoms with E-state index in [0.29, 0.717) is 10.7 Å². The summed E-state index contributed by atoms with van der Waals surface area (Å²) >= 11 is 3.60. The predicted molar refractivity (Wildman–Crippen MR) is 60.1 cm³/mol. The fourth-order valence-corrected chi connectivity index (χ4v) is 1.46. The Kier molecular flexibility index (Phi) is 4.52. The van der Waals surface area contributed by atoms with Crippen molar-refractivity contribution in [2.75, 3.05) is 0 Å². The van der Waals surface area contributed by atoms with Gasteiger partial charge in [0.1, 0.15) is 5.82 Å². The van der Waals surface area contributed by atoms with E-state index in [2.05, 4.69) is 34.8 Å². The van der Waals surface area contributed by atoms with E-state index in [1.54, 1.807) is 12.3 Å². The molecule has 1 nitrogen and oxygen atoms in total. The molecule has 0 saturated heterocycles. The van der Waals surface area contributed by atoms with Gasteiger partial charge in [0.2, 0.25) is 0 Å². The lowest BCUT2D eigenvalue weighted by molar-refractivity contribution is 0.577. The summed E-state index contributed by atoms with van der Waals surface area (Å²) in [5.41, 5.74) is 0.968. The van der Waals surface area contributed by atoms with Crippen LogP contribution in [0.2, 0.25) is 0 Å². The van der Waals surface area contributed by atoms with Crippen molar-refractivity contribution in [1.29, 1.82) is 0 Å². The molecule has 0 fully saturated rings. The summed E-state index contributed by atoms with van der Waals surface area (Å²) in [6, 6.07) is 1.55. The van der Waals surface area contributed by atoms with Crippen molar-refractivity contribution < 1.29 is 4.39 Å². The Morgan fingerprint density at radius 2 is 2.14 bits per heavy atom. The maximum absolute atomic E-state index is 12.8. The molecule has 0 amide bonds. The van der Waals surface area contributed by atoms with E-state index in [1.807, 2.05) is 0 Å². The van der Waals surface area contributed by atoms with Gasteiger partial charge in [0, 0.05) is 11.0 Å². The van der Waals surface area contributed by atoms with Crippen LogP contribution < -0.4 is 0 Å². The van der Waals surface area contributed by atoms with Gasteiger partial charge in [0.05, 0.1) is 6.20 Å². The van der Waals surface area contributed by atoms with Gasteiger partial charge >= 0.3 is 0 Å². The minimum absolute atomic E-state index is 0.252. The van der Waals surface area contributed by atoms with Crippen LogP contribution in [0.5, 0.6) is 0 Å². The van der Waals surface area contributed by atoms with E-state index < -0.39 is 0 Å². The summed E-state index contributed by atoms with van der Waals surface area (Å²) in [5.74, 6) is 0.356. The lowest BCUT2D eigenvalue weighted by Crippen LogP contribution is -2.08. The summed E-state index contributed by atoms with van der Waals surface area (Å²) in [6.07, 6.45) is 4.85. The molecule has 14 heavy (non-hydrogen) atoms. The average Bonchev–Trinajstić information content (AvgIpc) is 2.14. The Bertz CT molecular complexity index is 288. The first-order valence-corrected chi connectivity index (χ1v) is 5.74. The first-order chi connectivity index (χ1) is 6.59. The van der Waals surface area contributed by atoms with Crippen LogP contribution in [0.1, 0.15) is 25.8 Å². The second kappa shape index (κ2) is 5.44. The van der Waals surface area contributed by atoms with E-state index in [0.717, 1.165) is 18.4 Å². The number of aryl methyl sites for hydroxylation is 1. The number of halogens is 2. The Morgan fingerprint density at radius 3 is 2.71 bits per heavy atom. The maximum Gasteiger partial charge on any atom is 0.141 e. The van der Waals surface area contributed by atoms with Crippen LogP contribution in [0, 0.1) is 11.7 Å². The number of rotatable bonds is 4. The van der Waals surface area contributed by atoms with Crippen molar-refractivity contribution in [2.24, 2.45) is 5.92 Å². The monoisotopic (exact) mass is 259 g/mol. The van der Waals surface area contributed by atoms with E-state index in [4.69, 9.17) is 0 Å². The van der Waals surface area contributed by atoms with Crippen LogP contribution in [-0.2, 0) is 6.42 Å². The molecule has 0 aliphatic carbocycles. The zero-order chi connectivity index (χ0) is 10.6. The van der Waals surface area contributed by atoms with Gasteiger partial charge in [-0.3, -0.25) is 4.98 Å². The largest absolute Gasteiger partial charge is 0.261 e. The Morgan fingerprint density at radius 1 is 1.43 bits per heavy atom. The maximum atomic E-state index is 12.8. The molecular formula is C11H15BrFN. The molecule has 0 aromatic carbocycles. The molecule has 3 heteroatoms. The first-order valence-electron chi connectivity index (χ1n) is 4.83. The predicted octanol–water partition coefficient (Wildman–Crippen LogP) is 3.57. The van der Waals surface area contributed by atoms with E-state index in [-0.39, 0.29) is 5.82 Å². The molecular weight excluding hydrogens is 245 g/mol. The van der Waals surface area contributed by atoms with Gasteiger partial charge < -0.3 is 0 Å². The molecule has 0 N–H and O–H groups in total. The first kappa shape index (κ1) is 11.6. The molecule has 0 aliphatic heterocycles. The minimum atomic E-state index is -0.252. The Hall–Kier alpha value is -0.440. The van der Waals surface area contributed by atoms with E-state index >= 15 is 0 Å². The standard InChI is InChI=1S/C11H15BrFN/c1-8(2)11(12)4-3-9-5-10(13)7-14-6-9/h5-8,11H,3-4H2,1-2H3. The molecule has 1 heterocycles. The molecule has 78 valence electrons. The van der Waals surface area contributed by atoms with Gasteiger partial charge in [-0.05, 0) is 30.4 Å². The highest BCUT2D eigenvalue weighted by atomic mass is 79.9.